The second kappa shape index (κ2) is 12.3. The Balaban J connectivity index is 1.16. The molecule has 0 amide bonds. The van der Waals surface area contributed by atoms with E-state index in [1.165, 1.54) is 77.9 Å². The van der Waals surface area contributed by atoms with Crippen LogP contribution in [-0.2, 0) is 5.41 Å². The maximum atomic E-state index is 2.40. The second-order valence-corrected chi connectivity index (χ2v) is 14.7. The maximum absolute atomic E-state index is 2.40. The largest absolute Gasteiger partial charge is 0.311 e. The van der Waals surface area contributed by atoms with Crippen LogP contribution < -0.4 is 4.90 Å². The summed E-state index contributed by atoms with van der Waals surface area (Å²) in [6.07, 6.45) is 0. The molecule has 0 aromatic heterocycles. The SMILES string of the molecule is Cc1cc(C)cc(-c2ccc(N(c3ccc(-c4cc(C)cc(C)c4)cc3)c3ccc(-c4ccc5c(c4)C(C)(C)c4ccccc4-5)cc3)cc2)c1. The molecule has 50 heavy (non-hydrogen) atoms. The van der Waals surface area contributed by atoms with Gasteiger partial charge in [0.1, 0.15) is 0 Å². The molecule has 1 nitrogen and oxygen atoms in total. The zero-order valence-corrected chi connectivity index (χ0v) is 29.9. The fourth-order valence-electron chi connectivity index (χ4n) is 8.02. The molecule has 8 rings (SSSR count). The van der Waals surface area contributed by atoms with Crippen LogP contribution in [0.25, 0.3) is 44.5 Å². The molecule has 1 aliphatic carbocycles. The van der Waals surface area contributed by atoms with Crippen LogP contribution in [0.2, 0.25) is 0 Å². The summed E-state index contributed by atoms with van der Waals surface area (Å²) >= 11 is 0. The van der Waals surface area contributed by atoms with Crippen molar-refractivity contribution in [3.05, 3.63) is 185 Å². The summed E-state index contributed by atoms with van der Waals surface area (Å²) in [6.45, 7) is 13.4. The van der Waals surface area contributed by atoms with Gasteiger partial charge in [-0.05, 0) is 126 Å². The van der Waals surface area contributed by atoms with Gasteiger partial charge >= 0.3 is 0 Å². The highest BCUT2D eigenvalue weighted by atomic mass is 15.1. The minimum atomic E-state index is -0.0225. The fourth-order valence-corrected chi connectivity index (χ4v) is 8.02. The molecular weight excluding hydrogens is 603 g/mol. The van der Waals surface area contributed by atoms with Crippen LogP contribution >= 0.6 is 0 Å². The third-order valence-corrected chi connectivity index (χ3v) is 10.4. The summed E-state index contributed by atoms with van der Waals surface area (Å²) in [6, 6.07) is 56.4. The first-order valence-electron chi connectivity index (χ1n) is 17.7. The van der Waals surface area contributed by atoms with Crippen molar-refractivity contribution in [2.75, 3.05) is 4.90 Å². The lowest BCUT2D eigenvalue weighted by molar-refractivity contribution is 0.660. The minimum absolute atomic E-state index is 0.0225. The van der Waals surface area contributed by atoms with E-state index in [0.717, 1.165) is 17.1 Å². The topological polar surface area (TPSA) is 3.24 Å². The van der Waals surface area contributed by atoms with Crippen molar-refractivity contribution in [3.63, 3.8) is 0 Å². The maximum Gasteiger partial charge on any atom is 0.0462 e. The van der Waals surface area contributed by atoms with Crippen molar-refractivity contribution in [2.24, 2.45) is 0 Å². The third kappa shape index (κ3) is 5.73. The molecule has 0 atom stereocenters. The monoisotopic (exact) mass is 645 g/mol. The molecule has 0 saturated carbocycles. The molecule has 7 aromatic carbocycles. The number of hydrogen-bond donors (Lipinski definition) is 0. The number of anilines is 3. The van der Waals surface area contributed by atoms with E-state index in [1.807, 2.05) is 0 Å². The predicted octanol–water partition coefficient (Wildman–Crippen LogP) is 13.7. The number of rotatable bonds is 6. The van der Waals surface area contributed by atoms with Gasteiger partial charge in [-0.3, -0.25) is 0 Å². The van der Waals surface area contributed by atoms with E-state index < -0.39 is 0 Å². The normalized spacial score (nSPS) is 12.8. The molecule has 7 aromatic rings. The van der Waals surface area contributed by atoms with Crippen molar-refractivity contribution in [2.45, 2.75) is 47.0 Å². The van der Waals surface area contributed by atoms with Crippen molar-refractivity contribution in [3.8, 4) is 44.5 Å². The van der Waals surface area contributed by atoms with Crippen LogP contribution in [0, 0.1) is 27.7 Å². The second-order valence-electron chi connectivity index (χ2n) is 14.7. The molecule has 0 radical (unpaired) electrons. The van der Waals surface area contributed by atoms with E-state index in [0.29, 0.717) is 0 Å². The summed E-state index contributed by atoms with van der Waals surface area (Å²) in [5.41, 5.74) is 21.4. The Morgan fingerprint density at radius 3 is 1.18 bits per heavy atom. The number of hydrogen-bond acceptors (Lipinski definition) is 1. The smallest absolute Gasteiger partial charge is 0.0462 e. The van der Waals surface area contributed by atoms with Gasteiger partial charge in [-0.25, -0.2) is 0 Å². The Hall–Kier alpha value is -5.66. The van der Waals surface area contributed by atoms with E-state index >= 15 is 0 Å². The molecule has 0 fully saturated rings. The molecule has 0 saturated heterocycles. The van der Waals surface area contributed by atoms with E-state index in [1.54, 1.807) is 0 Å². The quantitative estimate of drug-likeness (QED) is 0.174. The van der Waals surface area contributed by atoms with Gasteiger partial charge in [0.15, 0.2) is 0 Å². The highest BCUT2D eigenvalue weighted by Gasteiger charge is 2.35. The molecule has 1 aliphatic rings. The molecule has 244 valence electrons. The predicted molar refractivity (Wildman–Crippen MR) is 214 cm³/mol. The number of aryl methyl sites for hydroxylation is 4. The first-order chi connectivity index (χ1) is 24.1. The Kier molecular flexibility index (Phi) is 7.80. The van der Waals surface area contributed by atoms with Crippen molar-refractivity contribution in [1.82, 2.24) is 0 Å². The molecular formula is C49H43N. The highest BCUT2D eigenvalue weighted by molar-refractivity contribution is 5.85. The van der Waals surface area contributed by atoms with Crippen LogP contribution in [0.15, 0.2) is 152 Å². The van der Waals surface area contributed by atoms with Gasteiger partial charge in [0.2, 0.25) is 0 Å². The van der Waals surface area contributed by atoms with Gasteiger partial charge in [0.05, 0.1) is 0 Å². The lowest BCUT2D eigenvalue weighted by atomic mass is 9.81. The Labute approximate surface area is 297 Å². The first kappa shape index (κ1) is 31.6. The first-order valence-corrected chi connectivity index (χ1v) is 17.7. The molecule has 0 unspecified atom stereocenters. The van der Waals surface area contributed by atoms with Gasteiger partial charge in [-0.15, -0.1) is 0 Å². The average Bonchev–Trinajstić information content (AvgIpc) is 3.34. The summed E-state index contributed by atoms with van der Waals surface area (Å²) in [5, 5.41) is 0. The number of benzene rings is 7. The van der Waals surface area contributed by atoms with Gasteiger partial charge in [0.25, 0.3) is 0 Å². The molecule has 0 aliphatic heterocycles. The van der Waals surface area contributed by atoms with E-state index in [2.05, 4.69) is 198 Å². The third-order valence-electron chi connectivity index (χ3n) is 10.4. The standard InChI is InChI=1S/C49H43N/c1-32-25-33(2)28-40(27-32)37-13-20-43(21-14-37)50(44-22-15-38(16-23-44)41-29-34(3)26-35(4)30-41)42-18-11-36(12-19-42)39-17-24-46-45-9-7-8-10-47(45)49(5,6)48(46)31-39/h7-31H,1-6H3. The lowest BCUT2D eigenvalue weighted by Gasteiger charge is -2.26. The summed E-state index contributed by atoms with van der Waals surface area (Å²) < 4.78 is 0. The van der Waals surface area contributed by atoms with E-state index in [9.17, 15) is 0 Å². The zero-order valence-electron chi connectivity index (χ0n) is 29.9. The van der Waals surface area contributed by atoms with Crippen LogP contribution in [0.5, 0.6) is 0 Å². The zero-order chi connectivity index (χ0) is 34.6. The molecule has 0 heterocycles. The summed E-state index contributed by atoms with van der Waals surface area (Å²) in [4.78, 5) is 2.36. The van der Waals surface area contributed by atoms with Crippen LogP contribution in [0.4, 0.5) is 17.1 Å². The lowest BCUT2D eigenvalue weighted by Crippen LogP contribution is -2.14. The van der Waals surface area contributed by atoms with Gasteiger partial charge < -0.3 is 4.90 Å². The van der Waals surface area contributed by atoms with Crippen molar-refractivity contribution >= 4 is 17.1 Å². The van der Waals surface area contributed by atoms with Gasteiger partial charge in [-0.1, -0.05) is 145 Å². The molecule has 0 bridgehead atoms. The average molecular weight is 646 g/mol. The summed E-state index contributed by atoms with van der Waals surface area (Å²) in [5.74, 6) is 0. The van der Waals surface area contributed by atoms with Crippen molar-refractivity contribution < 1.29 is 0 Å². The molecule has 0 N–H and O–H groups in total. The van der Waals surface area contributed by atoms with Gasteiger partial charge in [0, 0.05) is 22.5 Å². The highest BCUT2D eigenvalue weighted by Crippen LogP contribution is 2.49. The van der Waals surface area contributed by atoms with Crippen LogP contribution in [0.1, 0.15) is 47.2 Å². The molecule has 1 heteroatoms. The van der Waals surface area contributed by atoms with Crippen LogP contribution in [0.3, 0.4) is 0 Å². The van der Waals surface area contributed by atoms with Gasteiger partial charge in [-0.2, -0.15) is 0 Å². The number of fused-ring (bicyclic) bond motifs is 3. The number of nitrogens with zero attached hydrogens (tertiary/aromatic N) is 1. The van der Waals surface area contributed by atoms with Crippen LogP contribution in [-0.4, -0.2) is 0 Å². The molecule has 0 spiro atoms. The fraction of sp³-hybridized carbons (Fsp3) is 0.143. The Bertz CT molecular complexity index is 2220. The Morgan fingerprint density at radius 1 is 0.340 bits per heavy atom. The minimum Gasteiger partial charge on any atom is -0.311 e. The summed E-state index contributed by atoms with van der Waals surface area (Å²) in [7, 11) is 0. The van der Waals surface area contributed by atoms with E-state index in [-0.39, 0.29) is 5.41 Å². The Morgan fingerprint density at radius 2 is 0.720 bits per heavy atom. The van der Waals surface area contributed by atoms with Crippen molar-refractivity contribution in [1.29, 1.82) is 0 Å². The van der Waals surface area contributed by atoms with E-state index in [4.69, 9.17) is 0 Å².